The molecule has 2 aromatic rings. The Balaban J connectivity index is 2.18. The summed E-state index contributed by atoms with van der Waals surface area (Å²) in [5.41, 5.74) is 7.43. The van der Waals surface area contributed by atoms with Gasteiger partial charge < -0.3 is 15.2 Å². The molecule has 19 heavy (non-hydrogen) atoms. The van der Waals surface area contributed by atoms with Gasteiger partial charge in [-0.3, -0.25) is 0 Å². The highest BCUT2D eigenvalue weighted by molar-refractivity contribution is 5.78. The summed E-state index contributed by atoms with van der Waals surface area (Å²) in [5.74, 6) is 0.173. The first-order valence-electron chi connectivity index (χ1n) is 6.79. The number of likely N-dealkylation sites (N-methyl/N-ethyl adjacent to an activating group) is 1. The van der Waals surface area contributed by atoms with Gasteiger partial charge in [-0.15, -0.1) is 0 Å². The number of halogens is 1. The Morgan fingerprint density at radius 1 is 1.32 bits per heavy atom. The molecule has 0 unspecified atom stereocenters. The topological polar surface area (TPSA) is 47.1 Å². The summed E-state index contributed by atoms with van der Waals surface area (Å²) in [7, 11) is 0. The maximum atomic E-state index is 13.1. The standard InChI is InChI=1S/C14H21FN4/c1-3-7-18(4-2)8-9-19-13-6-5-11(15)10-12(13)17-14(19)16/h5-6,10H,3-4,7-9H2,1-2H3,(H2,16,17). The van der Waals surface area contributed by atoms with Crippen LogP contribution in [0.3, 0.4) is 0 Å². The number of aromatic nitrogens is 2. The lowest BCUT2D eigenvalue weighted by Gasteiger charge is -2.20. The molecule has 0 saturated carbocycles. The molecular formula is C14H21FN4. The largest absolute Gasteiger partial charge is 0.369 e. The summed E-state index contributed by atoms with van der Waals surface area (Å²) < 4.78 is 15.1. The van der Waals surface area contributed by atoms with Gasteiger partial charge in [0.1, 0.15) is 5.82 Å². The van der Waals surface area contributed by atoms with Gasteiger partial charge in [-0.25, -0.2) is 9.37 Å². The molecule has 0 saturated heterocycles. The molecule has 1 aromatic heterocycles. The van der Waals surface area contributed by atoms with E-state index in [-0.39, 0.29) is 5.82 Å². The van der Waals surface area contributed by atoms with Gasteiger partial charge in [-0.1, -0.05) is 13.8 Å². The number of benzene rings is 1. The van der Waals surface area contributed by atoms with Gasteiger partial charge >= 0.3 is 0 Å². The molecule has 2 rings (SSSR count). The number of nitrogen functional groups attached to an aromatic ring is 1. The van der Waals surface area contributed by atoms with E-state index in [2.05, 4.69) is 23.7 Å². The van der Waals surface area contributed by atoms with Crippen LogP contribution >= 0.6 is 0 Å². The fraction of sp³-hybridized carbons (Fsp3) is 0.500. The van der Waals surface area contributed by atoms with Crippen LogP contribution in [0.25, 0.3) is 11.0 Å². The number of hydrogen-bond donors (Lipinski definition) is 1. The summed E-state index contributed by atoms with van der Waals surface area (Å²) in [6.45, 7) is 8.14. The first kappa shape index (κ1) is 13.8. The van der Waals surface area contributed by atoms with Crippen molar-refractivity contribution in [3.63, 3.8) is 0 Å². The summed E-state index contributed by atoms with van der Waals surface area (Å²) in [4.78, 5) is 6.58. The van der Waals surface area contributed by atoms with E-state index in [1.807, 2.05) is 4.57 Å². The Hall–Kier alpha value is -1.62. The minimum atomic E-state index is -0.279. The molecule has 0 radical (unpaired) electrons. The van der Waals surface area contributed by atoms with Crippen LogP contribution < -0.4 is 5.73 Å². The van der Waals surface area contributed by atoms with Crippen LogP contribution in [-0.4, -0.2) is 34.1 Å². The third-order valence-corrected chi connectivity index (χ3v) is 3.37. The minimum Gasteiger partial charge on any atom is -0.369 e. The molecular weight excluding hydrogens is 243 g/mol. The Kier molecular flexibility index (Phi) is 4.37. The minimum absolute atomic E-state index is 0.279. The zero-order chi connectivity index (χ0) is 13.8. The fourth-order valence-corrected chi connectivity index (χ4v) is 2.34. The maximum absolute atomic E-state index is 13.1. The smallest absolute Gasteiger partial charge is 0.201 e. The molecule has 0 amide bonds. The quantitative estimate of drug-likeness (QED) is 0.872. The average molecular weight is 264 g/mol. The Morgan fingerprint density at radius 2 is 2.11 bits per heavy atom. The third kappa shape index (κ3) is 3.04. The average Bonchev–Trinajstić information content (AvgIpc) is 2.69. The Morgan fingerprint density at radius 3 is 2.79 bits per heavy atom. The Bertz CT molecular complexity index is 550. The highest BCUT2D eigenvalue weighted by Gasteiger charge is 2.10. The van der Waals surface area contributed by atoms with Gasteiger partial charge in [0.2, 0.25) is 5.95 Å². The molecule has 104 valence electrons. The SMILES string of the molecule is CCCN(CC)CCn1c(N)nc2cc(F)ccc21. The first-order valence-corrected chi connectivity index (χ1v) is 6.79. The predicted octanol–water partition coefficient (Wildman–Crippen LogP) is 2.49. The lowest BCUT2D eigenvalue weighted by Crippen LogP contribution is -2.28. The molecule has 0 aliphatic carbocycles. The van der Waals surface area contributed by atoms with Crippen molar-refractivity contribution in [2.24, 2.45) is 0 Å². The summed E-state index contributed by atoms with van der Waals surface area (Å²) in [5, 5.41) is 0. The van der Waals surface area contributed by atoms with Gasteiger partial charge in [-0.05, 0) is 31.6 Å². The molecule has 5 heteroatoms. The van der Waals surface area contributed by atoms with Crippen LogP contribution in [0.5, 0.6) is 0 Å². The monoisotopic (exact) mass is 264 g/mol. The van der Waals surface area contributed by atoms with E-state index in [1.54, 1.807) is 6.07 Å². The molecule has 1 heterocycles. The highest BCUT2D eigenvalue weighted by atomic mass is 19.1. The van der Waals surface area contributed by atoms with Crippen LogP contribution in [0.2, 0.25) is 0 Å². The van der Waals surface area contributed by atoms with E-state index < -0.39 is 0 Å². The van der Waals surface area contributed by atoms with Crippen LogP contribution in [0.15, 0.2) is 18.2 Å². The molecule has 0 fully saturated rings. The molecule has 4 nitrogen and oxygen atoms in total. The zero-order valence-corrected chi connectivity index (χ0v) is 11.6. The second-order valence-electron chi connectivity index (χ2n) is 4.69. The number of imidazole rings is 1. The van der Waals surface area contributed by atoms with Crippen molar-refractivity contribution in [2.45, 2.75) is 26.8 Å². The predicted molar refractivity (Wildman–Crippen MR) is 76.5 cm³/mol. The second kappa shape index (κ2) is 6.02. The van der Waals surface area contributed by atoms with Crippen LogP contribution in [0.4, 0.5) is 10.3 Å². The fourth-order valence-electron chi connectivity index (χ4n) is 2.34. The molecule has 1 aromatic carbocycles. The summed E-state index contributed by atoms with van der Waals surface area (Å²) in [6, 6.07) is 4.61. The number of hydrogen-bond acceptors (Lipinski definition) is 3. The molecule has 0 spiro atoms. The van der Waals surface area contributed by atoms with Crippen molar-refractivity contribution in [2.75, 3.05) is 25.4 Å². The van der Waals surface area contributed by atoms with Crippen LogP contribution in [0, 0.1) is 5.82 Å². The number of anilines is 1. The third-order valence-electron chi connectivity index (χ3n) is 3.37. The van der Waals surface area contributed by atoms with Crippen molar-refractivity contribution in [3.8, 4) is 0 Å². The van der Waals surface area contributed by atoms with E-state index >= 15 is 0 Å². The zero-order valence-electron chi connectivity index (χ0n) is 11.6. The lowest BCUT2D eigenvalue weighted by atomic mass is 10.3. The lowest BCUT2D eigenvalue weighted by molar-refractivity contribution is 0.278. The van der Waals surface area contributed by atoms with Crippen molar-refractivity contribution in [3.05, 3.63) is 24.0 Å². The van der Waals surface area contributed by atoms with E-state index in [9.17, 15) is 4.39 Å². The Labute approximate surface area is 113 Å². The van der Waals surface area contributed by atoms with E-state index in [0.717, 1.165) is 38.1 Å². The van der Waals surface area contributed by atoms with Gasteiger partial charge in [0.25, 0.3) is 0 Å². The first-order chi connectivity index (χ1) is 9.15. The summed E-state index contributed by atoms with van der Waals surface area (Å²) in [6.07, 6.45) is 1.14. The normalized spacial score (nSPS) is 11.6. The van der Waals surface area contributed by atoms with Gasteiger partial charge in [0.15, 0.2) is 0 Å². The van der Waals surface area contributed by atoms with Gasteiger partial charge in [0.05, 0.1) is 11.0 Å². The number of fused-ring (bicyclic) bond motifs is 1. The number of nitrogens with two attached hydrogens (primary N) is 1. The van der Waals surface area contributed by atoms with Crippen LogP contribution in [-0.2, 0) is 6.54 Å². The van der Waals surface area contributed by atoms with E-state index in [1.165, 1.54) is 12.1 Å². The maximum Gasteiger partial charge on any atom is 0.201 e. The van der Waals surface area contributed by atoms with E-state index in [4.69, 9.17) is 5.73 Å². The van der Waals surface area contributed by atoms with Gasteiger partial charge in [-0.2, -0.15) is 0 Å². The van der Waals surface area contributed by atoms with Crippen molar-refractivity contribution < 1.29 is 4.39 Å². The van der Waals surface area contributed by atoms with E-state index in [0.29, 0.717) is 11.5 Å². The molecule has 0 atom stereocenters. The number of rotatable bonds is 6. The van der Waals surface area contributed by atoms with Crippen molar-refractivity contribution in [1.82, 2.24) is 14.5 Å². The molecule has 0 aliphatic heterocycles. The van der Waals surface area contributed by atoms with Gasteiger partial charge in [0, 0.05) is 19.2 Å². The van der Waals surface area contributed by atoms with Crippen molar-refractivity contribution in [1.29, 1.82) is 0 Å². The van der Waals surface area contributed by atoms with Crippen molar-refractivity contribution >= 4 is 17.0 Å². The number of nitrogens with zero attached hydrogens (tertiary/aromatic N) is 3. The molecule has 0 aliphatic rings. The highest BCUT2D eigenvalue weighted by Crippen LogP contribution is 2.18. The van der Waals surface area contributed by atoms with Crippen LogP contribution in [0.1, 0.15) is 20.3 Å². The molecule has 2 N–H and O–H groups in total. The molecule has 0 bridgehead atoms. The summed E-state index contributed by atoms with van der Waals surface area (Å²) >= 11 is 0. The second-order valence-corrected chi connectivity index (χ2v) is 4.69.